The lowest BCUT2D eigenvalue weighted by Crippen LogP contribution is -2.30. The van der Waals surface area contributed by atoms with E-state index in [1.54, 1.807) is 7.11 Å². The first-order chi connectivity index (χ1) is 10.7. The number of rotatable bonds is 4. The summed E-state index contributed by atoms with van der Waals surface area (Å²) in [4.78, 5) is 0. The maximum Gasteiger partial charge on any atom is 0.161 e. The number of methoxy groups -OCH3 is 1. The summed E-state index contributed by atoms with van der Waals surface area (Å²) in [5, 5.41) is 4.33. The van der Waals surface area contributed by atoms with Gasteiger partial charge in [0, 0.05) is 11.6 Å². The van der Waals surface area contributed by atoms with Crippen LogP contribution < -0.4 is 14.8 Å². The fraction of sp³-hybridized carbons (Fsp3) is 0.333. The number of benzene rings is 2. The van der Waals surface area contributed by atoms with Gasteiger partial charge in [-0.15, -0.1) is 0 Å². The Hall–Kier alpha value is -1.71. The minimum atomic E-state index is 0.158. The van der Waals surface area contributed by atoms with Crippen molar-refractivity contribution in [1.29, 1.82) is 0 Å². The molecule has 0 fully saturated rings. The van der Waals surface area contributed by atoms with Gasteiger partial charge in [0.25, 0.3) is 0 Å². The van der Waals surface area contributed by atoms with Gasteiger partial charge in [0.1, 0.15) is 0 Å². The summed E-state index contributed by atoms with van der Waals surface area (Å²) in [6.45, 7) is 3.56. The van der Waals surface area contributed by atoms with Crippen LogP contribution in [-0.2, 0) is 6.42 Å². The molecule has 0 spiro atoms. The molecular formula is C18H20ClNO2. The Morgan fingerprint density at radius 1 is 1.18 bits per heavy atom. The summed E-state index contributed by atoms with van der Waals surface area (Å²) in [6.07, 6.45) is 0.990. The van der Waals surface area contributed by atoms with E-state index in [4.69, 9.17) is 21.1 Å². The van der Waals surface area contributed by atoms with Crippen LogP contribution in [-0.4, -0.2) is 20.3 Å². The van der Waals surface area contributed by atoms with Gasteiger partial charge in [-0.3, -0.25) is 0 Å². The highest BCUT2D eigenvalue weighted by atomic mass is 35.5. The lowest BCUT2D eigenvalue weighted by Gasteiger charge is -2.28. The molecule has 1 N–H and O–H groups in total. The summed E-state index contributed by atoms with van der Waals surface area (Å²) in [6, 6.07) is 12.4. The van der Waals surface area contributed by atoms with Crippen molar-refractivity contribution in [2.75, 3.05) is 20.3 Å². The Morgan fingerprint density at radius 2 is 1.95 bits per heavy atom. The normalized spacial score (nSPS) is 17.0. The minimum absolute atomic E-state index is 0.158. The van der Waals surface area contributed by atoms with Gasteiger partial charge in [0.2, 0.25) is 0 Å². The molecule has 1 unspecified atom stereocenters. The lowest BCUT2D eigenvalue weighted by atomic mass is 9.89. The number of nitrogens with one attached hydrogen (secondary N) is 1. The van der Waals surface area contributed by atoms with Crippen molar-refractivity contribution in [3.63, 3.8) is 0 Å². The molecule has 1 atom stereocenters. The molecule has 2 aromatic rings. The minimum Gasteiger partial charge on any atom is -0.493 e. The second-order valence-electron chi connectivity index (χ2n) is 5.32. The molecule has 22 heavy (non-hydrogen) atoms. The molecule has 1 heterocycles. The van der Waals surface area contributed by atoms with Crippen LogP contribution in [0.4, 0.5) is 0 Å². The largest absolute Gasteiger partial charge is 0.493 e. The molecule has 0 aliphatic carbocycles. The van der Waals surface area contributed by atoms with E-state index in [0.29, 0.717) is 6.61 Å². The fourth-order valence-corrected chi connectivity index (χ4v) is 3.07. The average Bonchev–Trinajstić information content (AvgIpc) is 2.55. The maximum atomic E-state index is 6.00. The first-order valence-corrected chi connectivity index (χ1v) is 7.93. The molecule has 116 valence electrons. The van der Waals surface area contributed by atoms with Crippen molar-refractivity contribution in [1.82, 2.24) is 5.32 Å². The van der Waals surface area contributed by atoms with Gasteiger partial charge in [-0.2, -0.15) is 0 Å². The van der Waals surface area contributed by atoms with Crippen LogP contribution >= 0.6 is 11.6 Å². The van der Waals surface area contributed by atoms with Gasteiger partial charge < -0.3 is 14.8 Å². The van der Waals surface area contributed by atoms with Crippen LogP contribution in [0.5, 0.6) is 11.5 Å². The molecule has 0 aromatic heterocycles. The van der Waals surface area contributed by atoms with Gasteiger partial charge in [0.15, 0.2) is 11.5 Å². The zero-order valence-corrected chi connectivity index (χ0v) is 13.6. The zero-order valence-electron chi connectivity index (χ0n) is 12.9. The molecule has 1 aliphatic heterocycles. The van der Waals surface area contributed by atoms with E-state index in [-0.39, 0.29) is 6.04 Å². The summed E-state index contributed by atoms with van der Waals surface area (Å²) in [5.74, 6) is 1.60. The topological polar surface area (TPSA) is 30.5 Å². The first-order valence-electron chi connectivity index (χ1n) is 7.55. The smallest absolute Gasteiger partial charge is 0.161 e. The number of ether oxygens (including phenoxy) is 2. The number of hydrogen-bond acceptors (Lipinski definition) is 3. The number of hydrogen-bond donors (Lipinski definition) is 1. The zero-order chi connectivity index (χ0) is 15.5. The molecule has 0 saturated carbocycles. The van der Waals surface area contributed by atoms with Crippen molar-refractivity contribution in [2.24, 2.45) is 0 Å². The van der Waals surface area contributed by atoms with Crippen LogP contribution in [0.3, 0.4) is 0 Å². The third kappa shape index (κ3) is 2.92. The van der Waals surface area contributed by atoms with Gasteiger partial charge in [-0.05, 0) is 54.3 Å². The fourth-order valence-electron chi connectivity index (χ4n) is 2.94. The van der Waals surface area contributed by atoms with Crippen molar-refractivity contribution < 1.29 is 9.47 Å². The van der Waals surface area contributed by atoms with Crippen LogP contribution in [0.1, 0.15) is 29.7 Å². The van der Waals surface area contributed by atoms with E-state index >= 15 is 0 Å². The highest BCUT2D eigenvalue weighted by Gasteiger charge is 2.23. The Labute approximate surface area is 136 Å². The molecule has 2 aromatic carbocycles. The summed E-state index contributed by atoms with van der Waals surface area (Å²) >= 11 is 6.00. The molecule has 3 nitrogen and oxygen atoms in total. The Morgan fingerprint density at radius 3 is 2.64 bits per heavy atom. The average molecular weight is 318 g/mol. The Balaban J connectivity index is 2.03. The van der Waals surface area contributed by atoms with Gasteiger partial charge >= 0.3 is 0 Å². The highest BCUT2D eigenvalue weighted by Crippen LogP contribution is 2.37. The summed E-state index contributed by atoms with van der Waals surface area (Å²) in [5.41, 5.74) is 3.76. The number of fused-ring (bicyclic) bond motifs is 1. The molecule has 0 amide bonds. The highest BCUT2D eigenvalue weighted by molar-refractivity contribution is 6.30. The predicted molar refractivity (Wildman–Crippen MR) is 89.2 cm³/mol. The second-order valence-corrected chi connectivity index (χ2v) is 5.76. The van der Waals surface area contributed by atoms with Crippen molar-refractivity contribution in [3.8, 4) is 11.5 Å². The van der Waals surface area contributed by atoms with Crippen molar-refractivity contribution >= 4 is 11.6 Å². The van der Waals surface area contributed by atoms with E-state index < -0.39 is 0 Å². The Bertz CT molecular complexity index is 655. The molecule has 3 rings (SSSR count). The standard InChI is InChI=1S/C18H20ClNO2/c1-3-22-17-10-13-8-9-20-18(15(13)11-16(17)21-2)12-4-6-14(19)7-5-12/h4-7,10-11,18,20H,3,8-9H2,1-2H3. The number of halogens is 1. The van der Waals surface area contributed by atoms with Gasteiger partial charge in [-0.25, -0.2) is 0 Å². The molecule has 0 radical (unpaired) electrons. The van der Waals surface area contributed by atoms with Crippen LogP contribution in [0.15, 0.2) is 36.4 Å². The maximum absolute atomic E-state index is 6.00. The second kappa shape index (κ2) is 6.59. The van der Waals surface area contributed by atoms with Crippen LogP contribution in [0.2, 0.25) is 5.02 Å². The monoisotopic (exact) mass is 317 g/mol. The summed E-state index contributed by atoms with van der Waals surface area (Å²) in [7, 11) is 1.68. The molecule has 1 aliphatic rings. The SMILES string of the molecule is CCOc1cc2c(cc1OC)C(c1ccc(Cl)cc1)NCC2. The predicted octanol–water partition coefficient (Wildman–Crippen LogP) is 3.98. The lowest BCUT2D eigenvalue weighted by molar-refractivity contribution is 0.309. The van der Waals surface area contributed by atoms with E-state index in [0.717, 1.165) is 29.5 Å². The van der Waals surface area contributed by atoms with E-state index in [1.165, 1.54) is 16.7 Å². The molecule has 0 saturated heterocycles. The van der Waals surface area contributed by atoms with E-state index in [1.807, 2.05) is 19.1 Å². The molecular weight excluding hydrogens is 298 g/mol. The molecule has 4 heteroatoms. The van der Waals surface area contributed by atoms with Gasteiger partial charge in [-0.1, -0.05) is 23.7 Å². The Kier molecular flexibility index (Phi) is 4.55. The summed E-state index contributed by atoms with van der Waals surface area (Å²) < 4.78 is 11.2. The van der Waals surface area contributed by atoms with Gasteiger partial charge in [0.05, 0.1) is 19.8 Å². The first kappa shape index (κ1) is 15.2. The third-order valence-corrected chi connectivity index (χ3v) is 4.23. The van der Waals surface area contributed by atoms with E-state index in [9.17, 15) is 0 Å². The van der Waals surface area contributed by atoms with Crippen LogP contribution in [0, 0.1) is 0 Å². The quantitative estimate of drug-likeness (QED) is 0.925. The molecule has 0 bridgehead atoms. The van der Waals surface area contributed by atoms with Crippen LogP contribution in [0.25, 0.3) is 0 Å². The van der Waals surface area contributed by atoms with Crippen molar-refractivity contribution in [3.05, 3.63) is 58.1 Å². The van der Waals surface area contributed by atoms with E-state index in [2.05, 4.69) is 29.6 Å². The third-order valence-electron chi connectivity index (χ3n) is 3.98. The van der Waals surface area contributed by atoms with Crippen molar-refractivity contribution in [2.45, 2.75) is 19.4 Å².